The van der Waals surface area contributed by atoms with Crippen LogP contribution in [0.2, 0.25) is 0 Å². The normalized spacial score (nSPS) is 17.8. The van der Waals surface area contributed by atoms with Crippen molar-refractivity contribution in [3.63, 3.8) is 0 Å². The van der Waals surface area contributed by atoms with E-state index in [4.69, 9.17) is 4.99 Å². The summed E-state index contributed by atoms with van der Waals surface area (Å²) in [6.45, 7) is 2.06. The van der Waals surface area contributed by atoms with E-state index >= 15 is 0 Å². The van der Waals surface area contributed by atoms with Crippen LogP contribution >= 0.6 is 0 Å². The van der Waals surface area contributed by atoms with E-state index in [2.05, 4.69) is 16.9 Å². The van der Waals surface area contributed by atoms with Gasteiger partial charge >= 0.3 is 0 Å². The van der Waals surface area contributed by atoms with Crippen LogP contribution in [0.4, 0.5) is 4.39 Å². The standard InChI is InChI=1S/C19H24FN3O/c1-13(9-16-11-21-12-22-16)23-19(14-5-3-2-4-6-14)17-8-7-15(20)10-18(17)24/h7-8,10-14,24H,2-6,9H2,1H3,(H,21,22)/t13-/m1/s1. The molecule has 1 atom stereocenters. The molecule has 1 aromatic heterocycles. The maximum absolute atomic E-state index is 13.4. The number of halogens is 1. The second kappa shape index (κ2) is 7.60. The van der Waals surface area contributed by atoms with Gasteiger partial charge in [-0.15, -0.1) is 0 Å². The molecular weight excluding hydrogens is 305 g/mol. The third kappa shape index (κ3) is 4.02. The van der Waals surface area contributed by atoms with Crippen LogP contribution in [0.15, 0.2) is 35.7 Å². The number of aliphatic imine (C=N–C) groups is 1. The van der Waals surface area contributed by atoms with E-state index in [1.807, 2.05) is 6.20 Å². The van der Waals surface area contributed by atoms with Crippen molar-refractivity contribution in [2.75, 3.05) is 0 Å². The molecule has 0 spiro atoms. The Bertz CT molecular complexity index is 691. The highest BCUT2D eigenvalue weighted by molar-refractivity contribution is 6.04. The Labute approximate surface area is 141 Å². The molecule has 0 aliphatic heterocycles. The summed E-state index contributed by atoms with van der Waals surface area (Å²) in [6, 6.07) is 4.29. The first-order chi connectivity index (χ1) is 11.6. The zero-order valence-corrected chi connectivity index (χ0v) is 14.0. The second-order valence-corrected chi connectivity index (χ2v) is 6.64. The SMILES string of the molecule is C[C@H](Cc1cnc[nH]1)N=C(c1ccc(F)cc1O)C1CCCCC1. The predicted octanol–water partition coefficient (Wildman–Crippen LogP) is 4.26. The van der Waals surface area contributed by atoms with Crippen molar-refractivity contribution in [2.24, 2.45) is 10.9 Å². The highest BCUT2D eigenvalue weighted by atomic mass is 19.1. The summed E-state index contributed by atoms with van der Waals surface area (Å²) >= 11 is 0. The summed E-state index contributed by atoms with van der Waals surface area (Å²) in [5.74, 6) is -0.114. The van der Waals surface area contributed by atoms with Crippen molar-refractivity contribution < 1.29 is 9.50 Å². The molecule has 1 aromatic carbocycles. The Morgan fingerprint density at radius 3 is 2.83 bits per heavy atom. The summed E-state index contributed by atoms with van der Waals surface area (Å²) < 4.78 is 13.4. The van der Waals surface area contributed by atoms with Crippen LogP contribution in [-0.2, 0) is 6.42 Å². The highest BCUT2D eigenvalue weighted by Gasteiger charge is 2.23. The number of imidazole rings is 1. The maximum atomic E-state index is 13.4. The summed E-state index contributed by atoms with van der Waals surface area (Å²) in [6.07, 6.45) is 10.0. The van der Waals surface area contributed by atoms with Gasteiger partial charge in [0.15, 0.2) is 0 Å². The van der Waals surface area contributed by atoms with Crippen molar-refractivity contribution >= 4 is 5.71 Å². The number of benzene rings is 1. The van der Waals surface area contributed by atoms with Gasteiger partial charge in [0.05, 0.1) is 12.4 Å². The molecule has 0 unspecified atom stereocenters. The minimum absolute atomic E-state index is 0.0203. The van der Waals surface area contributed by atoms with Crippen LogP contribution in [0.5, 0.6) is 5.75 Å². The number of rotatable bonds is 5. The molecule has 5 heteroatoms. The molecule has 0 saturated heterocycles. The average Bonchev–Trinajstić information content (AvgIpc) is 3.07. The number of hydrogen-bond acceptors (Lipinski definition) is 3. The molecule has 1 saturated carbocycles. The number of aromatic hydroxyl groups is 1. The van der Waals surface area contributed by atoms with Crippen molar-refractivity contribution in [1.82, 2.24) is 9.97 Å². The molecule has 1 heterocycles. The van der Waals surface area contributed by atoms with Gasteiger partial charge in [-0.2, -0.15) is 0 Å². The van der Waals surface area contributed by atoms with Crippen molar-refractivity contribution in [3.05, 3.63) is 47.8 Å². The molecule has 1 aliphatic rings. The van der Waals surface area contributed by atoms with Crippen LogP contribution in [0.3, 0.4) is 0 Å². The molecule has 2 aromatic rings. The second-order valence-electron chi connectivity index (χ2n) is 6.64. The molecule has 24 heavy (non-hydrogen) atoms. The minimum atomic E-state index is -0.426. The van der Waals surface area contributed by atoms with E-state index in [1.54, 1.807) is 12.4 Å². The molecule has 2 N–H and O–H groups in total. The van der Waals surface area contributed by atoms with Crippen LogP contribution in [0, 0.1) is 11.7 Å². The van der Waals surface area contributed by atoms with E-state index in [0.717, 1.165) is 30.7 Å². The Kier molecular flexibility index (Phi) is 5.28. The summed E-state index contributed by atoms with van der Waals surface area (Å²) in [5.41, 5.74) is 2.62. The van der Waals surface area contributed by atoms with E-state index in [1.165, 1.54) is 31.4 Å². The fraction of sp³-hybridized carbons (Fsp3) is 0.474. The molecule has 3 rings (SSSR count). The van der Waals surface area contributed by atoms with Crippen LogP contribution < -0.4 is 0 Å². The zero-order valence-electron chi connectivity index (χ0n) is 14.0. The summed E-state index contributed by atoms with van der Waals surface area (Å²) in [4.78, 5) is 12.1. The van der Waals surface area contributed by atoms with Gasteiger partial charge in [0, 0.05) is 41.6 Å². The first-order valence-electron chi connectivity index (χ1n) is 8.67. The lowest BCUT2D eigenvalue weighted by Crippen LogP contribution is -2.22. The maximum Gasteiger partial charge on any atom is 0.127 e. The molecule has 128 valence electrons. The molecule has 4 nitrogen and oxygen atoms in total. The van der Waals surface area contributed by atoms with Gasteiger partial charge in [0.2, 0.25) is 0 Å². The van der Waals surface area contributed by atoms with Gasteiger partial charge in [-0.25, -0.2) is 9.37 Å². The van der Waals surface area contributed by atoms with Gasteiger partial charge in [-0.3, -0.25) is 4.99 Å². The number of aromatic nitrogens is 2. The molecule has 1 fully saturated rings. The van der Waals surface area contributed by atoms with Crippen molar-refractivity contribution in [3.8, 4) is 5.75 Å². The van der Waals surface area contributed by atoms with Crippen molar-refractivity contribution in [1.29, 1.82) is 0 Å². The Morgan fingerprint density at radius 1 is 1.38 bits per heavy atom. The number of nitrogens with one attached hydrogen (secondary N) is 1. The topological polar surface area (TPSA) is 61.3 Å². The lowest BCUT2D eigenvalue weighted by Gasteiger charge is -2.25. The van der Waals surface area contributed by atoms with Gasteiger partial charge in [0.25, 0.3) is 0 Å². The Hall–Kier alpha value is -2.17. The monoisotopic (exact) mass is 329 g/mol. The molecule has 1 aliphatic carbocycles. The molecule has 0 radical (unpaired) electrons. The smallest absolute Gasteiger partial charge is 0.127 e. The third-order valence-corrected chi connectivity index (χ3v) is 4.66. The van der Waals surface area contributed by atoms with Crippen LogP contribution in [-0.4, -0.2) is 26.8 Å². The van der Waals surface area contributed by atoms with Crippen LogP contribution in [0.25, 0.3) is 0 Å². The van der Waals surface area contributed by atoms with Crippen LogP contribution in [0.1, 0.15) is 50.3 Å². The third-order valence-electron chi connectivity index (χ3n) is 4.66. The van der Waals surface area contributed by atoms with Crippen molar-refractivity contribution in [2.45, 2.75) is 51.5 Å². The predicted molar refractivity (Wildman–Crippen MR) is 92.9 cm³/mol. The fourth-order valence-corrected chi connectivity index (χ4v) is 3.49. The number of phenolic OH excluding ortho intramolecular Hbond substituents is 1. The van der Waals surface area contributed by atoms with E-state index in [9.17, 15) is 9.50 Å². The number of nitrogens with zero attached hydrogens (tertiary/aromatic N) is 2. The van der Waals surface area contributed by atoms with E-state index in [0.29, 0.717) is 11.5 Å². The van der Waals surface area contributed by atoms with Gasteiger partial charge in [-0.1, -0.05) is 19.3 Å². The zero-order chi connectivity index (χ0) is 16.9. The fourth-order valence-electron chi connectivity index (χ4n) is 3.49. The summed E-state index contributed by atoms with van der Waals surface area (Å²) in [5, 5.41) is 10.2. The Morgan fingerprint density at radius 2 is 2.17 bits per heavy atom. The van der Waals surface area contributed by atoms with Gasteiger partial charge < -0.3 is 10.1 Å². The van der Waals surface area contributed by atoms with E-state index in [-0.39, 0.29) is 11.8 Å². The number of phenols is 1. The molecular formula is C19H24FN3O. The number of hydrogen-bond donors (Lipinski definition) is 2. The highest BCUT2D eigenvalue weighted by Crippen LogP contribution is 2.31. The first-order valence-corrected chi connectivity index (χ1v) is 8.67. The lowest BCUT2D eigenvalue weighted by atomic mass is 9.82. The van der Waals surface area contributed by atoms with Gasteiger partial charge in [-0.05, 0) is 31.9 Å². The number of H-pyrrole nitrogens is 1. The quantitative estimate of drug-likeness (QED) is 0.805. The minimum Gasteiger partial charge on any atom is -0.507 e. The first kappa shape index (κ1) is 16.7. The average molecular weight is 329 g/mol. The van der Waals surface area contributed by atoms with Gasteiger partial charge in [0.1, 0.15) is 11.6 Å². The largest absolute Gasteiger partial charge is 0.507 e. The Balaban J connectivity index is 1.90. The van der Waals surface area contributed by atoms with E-state index < -0.39 is 5.82 Å². The molecule has 0 amide bonds. The summed E-state index contributed by atoms with van der Waals surface area (Å²) in [7, 11) is 0. The number of aromatic amines is 1. The lowest BCUT2D eigenvalue weighted by molar-refractivity contribution is 0.434. The molecule has 0 bridgehead atoms.